The molecule has 0 aliphatic heterocycles. The molecule has 0 aliphatic carbocycles. The number of rotatable bonds is 4. The van der Waals surface area contributed by atoms with Gasteiger partial charge in [-0.3, -0.25) is 9.59 Å². The van der Waals surface area contributed by atoms with Gasteiger partial charge >= 0.3 is 0 Å². The lowest BCUT2D eigenvalue weighted by atomic mass is 10.2. The number of benzene rings is 2. The maximum atomic E-state index is 12.2. The van der Waals surface area contributed by atoms with Crippen LogP contribution >= 0.6 is 23.2 Å². The van der Waals surface area contributed by atoms with E-state index in [2.05, 4.69) is 5.32 Å². The van der Waals surface area contributed by atoms with Crippen LogP contribution in [0.25, 0.3) is 0 Å². The van der Waals surface area contributed by atoms with Crippen molar-refractivity contribution in [2.45, 2.75) is 13.8 Å². The van der Waals surface area contributed by atoms with Gasteiger partial charge in [-0.2, -0.15) is 0 Å². The Kier molecular flexibility index (Phi) is 5.64. The normalized spacial score (nSPS) is 10.3. The second-order valence-corrected chi connectivity index (χ2v) is 5.88. The summed E-state index contributed by atoms with van der Waals surface area (Å²) >= 11 is 12.1. The van der Waals surface area contributed by atoms with Gasteiger partial charge in [0.2, 0.25) is 11.8 Å². The second-order valence-electron chi connectivity index (χ2n) is 5.09. The molecule has 0 aliphatic rings. The lowest BCUT2D eigenvalue weighted by Crippen LogP contribution is -2.36. The van der Waals surface area contributed by atoms with E-state index in [9.17, 15) is 9.59 Å². The molecule has 2 rings (SSSR count). The van der Waals surface area contributed by atoms with Crippen LogP contribution in [-0.4, -0.2) is 18.4 Å². The Morgan fingerprint density at radius 1 is 1.09 bits per heavy atom. The van der Waals surface area contributed by atoms with E-state index >= 15 is 0 Å². The Labute approximate surface area is 145 Å². The Hall–Kier alpha value is -2.04. The topological polar surface area (TPSA) is 49.4 Å². The summed E-state index contributed by atoms with van der Waals surface area (Å²) in [6.45, 7) is 3.18. The van der Waals surface area contributed by atoms with E-state index < -0.39 is 0 Å². The average Bonchev–Trinajstić information content (AvgIpc) is 2.50. The van der Waals surface area contributed by atoms with Crippen LogP contribution in [0.2, 0.25) is 10.0 Å². The average molecular weight is 351 g/mol. The van der Waals surface area contributed by atoms with Gasteiger partial charge in [0.25, 0.3) is 0 Å². The summed E-state index contributed by atoms with van der Waals surface area (Å²) in [5.41, 5.74) is 2.17. The van der Waals surface area contributed by atoms with E-state index in [1.807, 2.05) is 19.1 Å². The van der Waals surface area contributed by atoms with Crippen molar-refractivity contribution in [3.63, 3.8) is 0 Å². The zero-order chi connectivity index (χ0) is 17.0. The van der Waals surface area contributed by atoms with Crippen LogP contribution in [0.1, 0.15) is 12.5 Å². The molecule has 6 heteroatoms. The van der Waals surface area contributed by atoms with Crippen molar-refractivity contribution in [2.75, 3.05) is 16.8 Å². The number of hydrogen-bond acceptors (Lipinski definition) is 2. The first-order chi connectivity index (χ1) is 10.9. The summed E-state index contributed by atoms with van der Waals surface area (Å²) in [6, 6.07) is 12.3. The Bertz CT molecular complexity index is 730. The summed E-state index contributed by atoms with van der Waals surface area (Å²) in [6.07, 6.45) is 0. The molecular weight excluding hydrogens is 335 g/mol. The highest BCUT2D eigenvalue weighted by Gasteiger charge is 2.19. The highest BCUT2D eigenvalue weighted by Crippen LogP contribution is 2.32. The lowest BCUT2D eigenvalue weighted by Gasteiger charge is -2.22. The predicted molar refractivity (Wildman–Crippen MR) is 94.3 cm³/mol. The molecule has 0 saturated carbocycles. The first-order valence-electron chi connectivity index (χ1n) is 6.97. The number of aryl methyl sites for hydroxylation is 1. The van der Waals surface area contributed by atoms with Crippen LogP contribution in [0, 0.1) is 6.92 Å². The number of nitrogens with zero attached hydrogens (tertiary/aromatic N) is 1. The number of nitrogens with one attached hydrogen (secondary N) is 1. The third-order valence-corrected chi connectivity index (χ3v) is 4.05. The fourth-order valence-electron chi connectivity index (χ4n) is 2.05. The summed E-state index contributed by atoms with van der Waals surface area (Å²) < 4.78 is 0. The van der Waals surface area contributed by atoms with Gasteiger partial charge in [0.05, 0.1) is 15.7 Å². The molecular formula is C17H16Cl2N2O2. The van der Waals surface area contributed by atoms with Gasteiger partial charge in [0, 0.05) is 12.6 Å². The van der Waals surface area contributed by atoms with E-state index in [0.29, 0.717) is 16.4 Å². The minimum atomic E-state index is -0.319. The van der Waals surface area contributed by atoms with Crippen molar-refractivity contribution >= 4 is 46.4 Å². The SMILES string of the molecule is CC(=O)N(CC(=O)Nc1ccc(C)cc1)c1cccc(Cl)c1Cl. The number of carbonyl (C=O) groups excluding carboxylic acids is 2. The molecule has 2 aromatic carbocycles. The van der Waals surface area contributed by atoms with E-state index in [0.717, 1.165) is 5.56 Å². The molecule has 4 nitrogen and oxygen atoms in total. The highest BCUT2D eigenvalue weighted by molar-refractivity contribution is 6.44. The van der Waals surface area contributed by atoms with Crippen LogP contribution < -0.4 is 10.2 Å². The van der Waals surface area contributed by atoms with Crippen molar-refractivity contribution in [2.24, 2.45) is 0 Å². The van der Waals surface area contributed by atoms with Crippen molar-refractivity contribution in [1.82, 2.24) is 0 Å². The first kappa shape index (κ1) is 17.3. The third kappa shape index (κ3) is 4.47. The molecule has 120 valence electrons. The number of halogens is 2. The van der Waals surface area contributed by atoms with Crippen LogP contribution in [0.5, 0.6) is 0 Å². The standard InChI is InChI=1S/C17H16Cl2N2O2/c1-11-6-8-13(9-7-11)20-16(23)10-21(12(2)22)15-5-3-4-14(18)17(15)19/h3-9H,10H2,1-2H3,(H,20,23). The van der Waals surface area contributed by atoms with Gasteiger partial charge in [-0.05, 0) is 31.2 Å². The first-order valence-corrected chi connectivity index (χ1v) is 7.72. The zero-order valence-electron chi connectivity index (χ0n) is 12.8. The number of anilines is 2. The molecule has 2 amide bonds. The minimum Gasteiger partial charge on any atom is -0.325 e. The molecule has 0 heterocycles. The Morgan fingerprint density at radius 2 is 1.74 bits per heavy atom. The van der Waals surface area contributed by atoms with Crippen LogP contribution in [0.15, 0.2) is 42.5 Å². The van der Waals surface area contributed by atoms with E-state index in [4.69, 9.17) is 23.2 Å². The van der Waals surface area contributed by atoms with Crippen molar-refractivity contribution in [3.8, 4) is 0 Å². The van der Waals surface area contributed by atoms with Crippen LogP contribution in [0.4, 0.5) is 11.4 Å². The zero-order valence-corrected chi connectivity index (χ0v) is 14.3. The number of amides is 2. The lowest BCUT2D eigenvalue weighted by molar-refractivity contribution is -0.120. The van der Waals surface area contributed by atoms with Gasteiger partial charge in [-0.1, -0.05) is 47.0 Å². The number of hydrogen-bond donors (Lipinski definition) is 1. The Morgan fingerprint density at radius 3 is 2.35 bits per heavy atom. The highest BCUT2D eigenvalue weighted by atomic mass is 35.5. The molecule has 0 atom stereocenters. The monoisotopic (exact) mass is 350 g/mol. The van der Waals surface area contributed by atoms with E-state index in [-0.39, 0.29) is 23.4 Å². The van der Waals surface area contributed by atoms with Crippen molar-refractivity contribution < 1.29 is 9.59 Å². The molecule has 0 saturated heterocycles. The van der Waals surface area contributed by atoms with Crippen molar-refractivity contribution in [3.05, 3.63) is 58.1 Å². The maximum absolute atomic E-state index is 12.2. The van der Waals surface area contributed by atoms with Crippen molar-refractivity contribution in [1.29, 1.82) is 0 Å². The Balaban J connectivity index is 2.16. The van der Waals surface area contributed by atoms with Gasteiger partial charge in [0.15, 0.2) is 0 Å². The quantitative estimate of drug-likeness (QED) is 0.893. The van der Waals surface area contributed by atoms with E-state index in [1.54, 1.807) is 30.3 Å². The molecule has 0 fully saturated rings. The summed E-state index contributed by atoms with van der Waals surface area (Å²) in [4.78, 5) is 25.4. The maximum Gasteiger partial charge on any atom is 0.244 e. The molecule has 0 radical (unpaired) electrons. The number of carbonyl (C=O) groups is 2. The minimum absolute atomic E-state index is 0.150. The van der Waals surface area contributed by atoms with Gasteiger partial charge in [-0.25, -0.2) is 0 Å². The summed E-state index contributed by atoms with van der Waals surface area (Å²) in [5, 5.41) is 3.32. The molecule has 0 bridgehead atoms. The predicted octanol–water partition coefficient (Wildman–Crippen LogP) is 4.29. The van der Waals surface area contributed by atoms with Crippen LogP contribution in [0.3, 0.4) is 0 Å². The summed E-state index contributed by atoms with van der Waals surface area (Å²) in [7, 11) is 0. The molecule has 23 heavy (non-hydrogen) atoms. The smallest absolute Gasteiger partial charge is 0.244 e. The second kappa shape index (κ2) is 7.49. The molecule has 0 spiro atoms. The third-order valence-electron chi connectivity index (χ3n) is 3.24. The van der Waals surface area contributed by atoms with Gasteiger partial charge < -0.3 is 10.2 Å². The van der Waals surface area contributed by atoms with Gasteiger partial charge in [-0.15, -0.1) is 0 Å². The largest absolute Gasteiger partial charge is 0.325 e. The fraction of sp³-hybridized carbons (Fsp3) is 0.176. The molecule has 0 aromatic heterocycles. The molecule has 0 unspecified atom stereocenters. The summed E-state index contributed by atoms with van der Waals surface area (Å²) in [5.74, 6) is -0.617. The van der Waals surface area contributed by atoms with Gasteiger partial charge in [0.1, 0.15) is 6.54 Å². The fourth-order valence-corrected chi connectivity index (χ4v) is 2.45. The molecule has 1 N–H and O–H groups in total. The van der Waals surface area contributed by atoms with E-state index in [1.165, 1.54) is 11.8 Å². The van der Waals surface area contributed by atoms with Crippen LogP contribution in [-0.2, 0) is 9.59 Å². The molecule has 2 aromatic rings.